The van der Waals surface area contributed by atoms with Crippen molar-refractivity contribution in [3.63, 3.8) is 0 Å². The number of aliphatic carboxylic acids is 1. The fourth-order valence-electron chi connectivity index (χ4n) is 9.55. The zero-order valence-corrected chi connectivity index (χ0v) is 49.3. The number of hydrogen-bond donors (Lipinski definition) is 13. The summed E-state index contributed by atoms with van der Waals surface area (Å²) in [6.45, 7) is 11.2. The van der Waals surface area contributed by atoms with Crippen molar-refractivity contribution in [2.45, 2.75) is 167 Å². The number of phenols is 1. The molecule has 0 spiro atoms. The van der Waals surface area contributed by atoms with Gasteiger partial charge in [-0.2, -0.15) is 0 Å². The van der Waals surface area contributed by atoms with Crippen LogP contribution in [-0.2, 0) is 72.0 Å². The maximum Gasteiger partial charge on any atom is 0.303 e. The lowest BCUT2D eigenvalue weighted by Crippen LogP contribution is -2.62. The Bertz CT molecular complexity index is 2770. The Morgan fingerprint density at radius 2 is 1.12 bits per heavy atom. The number of phenolic OH excluding ortho intramolecular Hbond substituents is 1. The van der Waals surface area contributed by atoms with E-state index in [1.54, 1.807) is 71.9 Å². The molecule has 1 saturated heterocycles. The molecule has 0 aromatic heterocycles. The van der Waals surface area contributed by atoms with Crippen molar-refractivity contribution < 1.29 is 68.1 Å². The predicted molar refractivity (Wildman–Crippen MR) is 313 cm³/mol. The van der Waals surface area contributed by atoms with Crippen LogP contribution in [0.4, 0.5) is 0 Å². The first-order valence-electron chi connectivity index (χ1n) is 28.7. The fraction of sp³-hybridized carbons (Fsp3) is 0.517. The third kappa shape index (κ3) is 22.2. The largest absolute Gasteiger partial charge is 0.508 e. The van der Waals surface area contributed by atoms with Crippen molar-refractivity contribution in [1.82, 2.24) is 47.4 Å². The average Bonchev–Trinajstić information content (AvgIpc) is 3.12. The molecular formula is C60H85N11O14. The molecule has 1 aliphatic heterocycles. The second-order valence-electron chi connectivity index (χ2n) is 22.4. The molecule has 11 atom stereocenters. The fourth-order valence-corrected chi connectivity index (χ4v) is 9.55. The normalized spacial score (nSPS) is 16.6. The number of hydrogen-bond acceptors (Lipinski definition) is 14. The Hall–Kier alpha value is -8.45. The van der Waals surface area contributed by atoms with Crippen molar-refractivity contribution in [2.75, 3.05) is 13.1 Å². The number of benzene rings is 3. The van der Waals surface area contributed by atoms with Crippen LogP contribution in [0.25, 0.3) is 0 Å². The molecule has 0 unspecified atom stereocenters. The van der Waals surface area contributed by atoms with Crippen LogP contribution in [0.2, 0.25) is 0 Å². The summed E-state index contributed by atoms with van der Waals surface area (Å²) in [4.78, 5) is 151. The smallest absolute Gasteiger partial charge is 0.303 e. The molecule has 464 valence electrons. The van der Waals surface area contributed by atoms with Gasteiger partial charge in [0.2, 0.25) is 59.1 Å². The number of carbonyl (C=O) groups excluding carboxylic acids is 10. The van der Waals surface area contributed by atoms with Crippen molar-refractivity contribution in [1.29, 1.82) is 0 Å². The highest BCUT2D eigenvalue weighted by atomic mass is 16.4. The van der Waals surface area contributed by atoms with Gasteiger partial charge in [-0.1, -0.05) is 121 Å². The lowest BCUT2D eigenvalue weighted by molar-refractivity contribution is -0.143. The molecule has 10 amide bonds. The zero-order chi connectivity index (χ0) is 63.1. The highest BCUT2D eigenvalue weighted by Gasteiger charge is 2.42. The topological polar surface area (TPSA) is 400 Å². The van der Waals surface area contributed by atoms with Gasteiger partial charge in [-0.3, -0.25) is 52.7 Å². The quantitative estimate of drug-likeness (QED) is 0.0373. The predicted octanol–water partition coefficient (Wildman–Crippen LogP) is -0.273. The van der Waals surface area contributed by atoms with Gasteiger partial charge in [-0.15, -0.1) is 0 Å². The maximum atomic E-state index is 14.5. The summed E-state index contributed by atoms with van der Waals surface area (Å²) in [6, 6.07) is 11.6. The number of carboxylic acids is 1. The minimum atomic E-state index is -1.79. The molecular weight excluding hydrogens is 1100 g/mol. The van der Waals surface area contributed by atoms with Crippen LogP contribution < -0.4 is 54.0 Å². The Morgan fingerprint density at radius 3 is 1.65 bits per heavy atom. The lowest BCUT2D eigenvalue weighted by Gasteiger charge is -2.33. The molecule has 4 rings (SSSR count). The van der Waals surface area contributed by atoms with E-state index in [0.717, 1.165) is 5.56 Å². The molecule has 3 aromatic rings. The second-order valence-corrected chi connectivity index (χ2v) is 22.4. The van der Waals surface area contributed by atoms with Crippen LogP contribution in [0.3, 0.4) is 0 Å². The van der Waals surface area contributed by atoms with Gasteiger partial charge in [-0.05, 0) is 85.6 Å². The third-order valence-electron chi connectivity index (χ3n) is 14.6. The second kappa shape index (κ2) is 33.7. The van der Waals surface area contributed by atoms with E-state index in [1.807, 2.05) is 30.3 Å². The molecule has 0 aliphatic carbocycles. The lowest BCUT2D eigenvalue weighted by atomic mass is 9.96. The molecule has 25 heteroatoms. The van der Waals surface area contributed by atoms with Gasteiger partial charge >= 0.3 is 5.97 Å². The number of primary amides is 1. The number of amides is 10. The Morgan fingerprint density at radius 1 is 0.600 bits per heavy atom. The maximum absolute atomic E-state index is 14.5. The first-order chi connectivity index (χ1) is 40.2. The number of aromatic hydroxyl groups is 1. The first kappa shape index (κ1) is 69.0. The number of aliphatic hydroxyl groups is 1. The van der Waals surface area contributed by atoms with Gasteiger partial charge in [0.1, 0.15) is 54.1 Å². The Labute approximate surface area is 495 Å². The van der Waals surface area contributed by atoms with E-state index < -0.39 is 157 Å². The molecule has 3 aromatic carbocycles. The summed E-state index contributed by atoms with van der Waals surface area (Å²) < 4.78 is 0. The number of nitrogens with zero attached hydrogens (tertiary/aromatic N) is 1. The van der Waals surface area contributed by atoms with Gasteiger partial charge in [0, 0.05) is 25.8 Å². The SMILES string of the molecule is CC[C@H](C)[C@H](NC(=O)[C@@H]1CCCN1C(=O)[C@@H](NC(=O)[C@@H](N)Cc1ccccc1)C(C)C)C(=O)N[C@@H](Cc1ccccc1)C(=O)N[C@H](C(=O)N[C@@H](Cc1ccc(O)cc1)C(=O)NCC(=O)N[C@@H](CCC(=O)O)C(=O)N[C@@H](CC(C)C)C(N)=O)[C@@H](C)O. The summed E-state index contributed by atoms with van der Waals surface area (Å²) in [6.07, 6.45) is -1.54. The molecule has 15 N–H and O–H groups in total. The van der Waals surface area contributed by atoms with E-state index in [-0.39, 0.29) is 50.3 Å². The van der Waals surface area contributed by atoms with Crippen molar-refractivity contribution in [2.24, 2.45) is 29.2 Å². The minimum Gasteiger partial charge on any atom is -0.508 e. The first-order valence-corrected chi connectivity index (χ1v) is 28.7. The van der Waals surface area contributed by atoms with E-state index in [4.69, 9.17) is 11.5 Å². The molecule has 25 nitrogen and oxygen atoms in total. The highest BCUT2D eigenvalue weighted by Crippen LogP contribution is 2.22. The van der Waals surface area contributed by atoms with Gasteiger partial charge in [-0.25, -0.2) is 0 Å². The van der Waals surface area contributed by atoms with Crippen LogP contribution >= 0.6 is 0 Å². The minimum absolute atomic E-state index is 0.0795. The summed E-state index contributed by atoms with van der Waals surface area (Å²) in [5.41, 5.74) is 13.6. The summed E-state index contributed by atoms with van der Waals surface area (Å²) >= 11 is 0. The molecule has 0 radical (unpaired) electrons. The summed E-state index contributed by atoms with van der Waals surface area (Å²) in [5, 5.41) is 50.9. The van der Waals surface area contributed by atoms with Gasteiger partial charge in [0.15, 0.2) is 0 Å². The van der Waals surface area contributed by atoms with E-state index in [9.17, 15) is 68.1 Å². The number of carboxylic acid groups (broad SMARTS) is 1. The molecule has 1 fully saturated rings. The van der Waals surface area contributed by atoms with Crippen LogP contribution in [0.15, 0.2) is 84.9 Å². The number of aliphatic hydroxyl groups excluding tert-OH is 1. The molecule has 0 saturated carbocycles. The monoisotopic (exact) mass is 1180 g/mol. The number of rotatable bonds is 33. The standard InChI is InChI=1S/C60H85N11O14/c1-8-35(6)50(69-57(82)46-20-15-27-71(46)60(85)49(34(4)5)68-53(78)41(61)29-37-16-11-9-12-17-37)58(83)67-45(30-38-18-13-10-14-19-38)56(81)70-51(36(7)72)59(84)66-44(31-39-21-23-40(73)24-22-39)54(79)63-32-47(74)64-42(25-26-48(75)76)55(80)65-43(52(62)77)28-33(2)3/h9-14,16-19,21-24,33-36,41-46,49-51,72-73H,8,15,20,25-32,61H2,1-7H3,(H2,62,77)(H,63,79)(H,64,74)(H,65,80)(H,66,84)(H,67,83)(H,68,78)(H,69,82)(H,70,81)(H,75,76)/t35-,36+,41-,42-,43-,44-,45-,46-,49-,50-,51-/m0/s1. The average molecular weight is 1180 g/mol. The number of carbonyl (C=O) groups is 11. The summed E-state index contributed by atoms with van der Waals surface area (Å²) in [5.74, 6) is -10.6. The van der Waals surface area contributed by atoms with Crippen molar-refractivity contribution in [3.8, 4) is 5.75 Å². The zero-order valence-electron chi connectivity index (χ0n) is 49.3. The van der Waals surface area contributed by atoms with Crippen LogP contribution in [-0.4, -0.2) is 159 Å². The van der Waals surface area contributed by atoms with Gasteiger partial charge in [0.25, 0.3) is 0 Å². The number of nitrogens with two attached hydrogens (primary N) is 2. The van der Waals surface area contributed by atoms with Crippen LogP contribution in [0.1, 0.15) is 104 Å². The van der Waals surface area contributed by atoms with E-state index in [0.29, 0.717) is 24.0 Å². The Balaban J connectivity index is 1.53. The highest BCUT2D eigenvalue weighted by molar-refractivity contribution is 5.99. The van der Waals surface area contributed by atoms with Gasteiger partial charge in [0.05, 0.1) is 18.7 Å². The molecule has 1 aliphatic rings. The molecule has 1 heterocycles. The number of likely N-dealkylation sites (tertiary alicyclic amines) is 1. The van der Waals surface area contributed by atoms with E-state index in [2.05, 4.69) is 42.5 Å². The summed E-state index contributed by atoms with van der Waals surface area (Å²) in [7, 11) is 0. The van der Waals surface area contributed by atoms with E-state index in [1.165, 1.54) is 36.1 Å². The third-order valence-corrected chi connectivity index (χ3v) is 14.6. The van der Waals surface area contributed by atoms with Crippen LogP contribution in [0.5, 0.6) is 5.75 Å². The molecule has 0 bridgehead atoms. The van der Waals surface area contributed by atoms with Crippen LogP contribution in [0, 0.1) is 17.8 Å². The van der Waals surface area contributed by atoms with Crippen molar-refractivity contribution in [3.05, 3.63) is 102 Å². The molecule has 85 heavy (non-hydrogen) atoms. The van der Waals surface area contributed by atoms with Crippen molar-refractivity contribution >= 4 is 65.0 Å². The number of nitrogens with one attached hydrogen (secondary N) is 8. The van der Waals surface area contributed by atoms with Gasteiger partial charge < -0.3 is 74.2 Å². The Kier molecular flexibility index (Phi) is 27.4. The van der Waals surface area contributed by atoms with E-state index >= 15 is 0 Å².